The first-order chi connectivity index (χ1) is 16.1. The van der Waals surface area contributed by atoms with Crippen molar-refractivity contribution in [3.8, 4) is 11.5 Å². The molecule has 0 saturated carbocycles. The molecule has 33 heavy (non-hydrogen) atoms. The number of rotatable bonds is 6. The van der Waals surface area contributed by atoms with Crippen molar-refractivity contribution in [1.29, 1.82) is 0 Å². The van der Waals surface area contributed by atoms with Crippen LogP contribution in [0.15, 0.2) is 82.0 Å². The van der Waals surface area contributed by atoms with Gasteiger partial charge in [-0.05, 0) is 54.4 Å². The molecule has 1 unspecified atom stereocenters. The molecule has 0 saturated heterocycles. The van der Waals surface area contributed by atoms with Crippen LogP contribution in [0.4, 0.5) is 0 Å². The Morgan fingerprint density at radius 1 is 0.939 bits per heavy atom. The number of hydrogen-bond donors (Lipinski definition) is 0. The predicted molar refractivity (Wildman–Crippen MR) is 125 cm³/mol. The summed E-state index contributed by atoms with van der Waals surface area (Å²) in [7, 11) is 1.61. The standard InChI is InChI=1S/C27H23NO5/c1-3-32-20-8-6-7-18(15-20)24-23-25(29)21-9-4-5-10-22(21)33-26(23)27(30)28(24)16-17-11-13-19(31-2)14-12-17/h4-15,24H,3,16H2,1-2H3. The molecule has 1 amide bonds. The molecular formula is C27H23NO5. The Bertz CT molecular complexity index is 1390. The maximum Gasteiger partial charge on any atom is 0.291 e. The van der Waals surface area contributed by atoms with Gasteiger partial charge in [-0.1, -0.05) is 36.4 Å². The fraction of sp³-hybridized carbons (Fsp3) is 0.185. The molecule has 1 aromatic heterocycles. The number of ether oxygens (including phenoxy) is 2. The molecular weight excluding hydrogens is 418 g/mol. The first-order valence-electron chi connectivity index (χ1n) is 10.8. The van der Waals surface area contributed by atoms with Crippen molar-refractivity contribution in [2.75, 3.05) is 13.7 Å². The lowest BCUT2D eigenvalue weighted by Gasteiger charge is -2.25. The summed E-state index contributed by atoms with van der Waals surface area (Å²) in [4.78, 5) is 28.8. The average molecular weight is 441 g/mol. The Hall–Kier alpha value is -4.06. The second kappa shape index (κ2) is 8.47. The quantitative estimate of drug-likeness (QED) is 0.424. The summed E-state index contributed by atoms with van der Waals surface area (Å²) in [5, 5.41) is 0.460. The van der Waals surface area contributed by atoms with Gasteiger partial charge in [-0.15, -0.1) is 0 Å². The van der Waals surface area contributed by atoms with Gasteiger partial charge in [0.2, 0.25) is 5.76 Å². The number of fused-ring (bicyclic) bond motifs is 2. The Labute approximate surface area is 191 Å². The topological polar surface area (TPSA) is 69.0 Å². The van der Waals surface area contributed by atoms with Crippen LogP contribution in [0.3, 0.4) is 0 Å². The van der Waals surface area contributed by atoms with E-state index in [4.69, 9.17) is 13.9 Å². The summed E-state index contributed by atoms with van der Waals surface area (Å²) in [6, 6.07) is 21.5. The van der Waals surface area contributed by atoms with E-state index >= 15 is 0 Å². The van der Waals surface area contributed by atoms with E-state index in [9.17, 15) is 9.59 Å². The molecule has 3 aromatic carbocycles. The summed E-state index contributed by atoms with van der Waals surface area (Å²) in [5.74, 6) is 1.21. The number of carbonyl (C=O) groups is 1. The zero-order valence-corrected chi connectivity index (χ0v) is 18.4. The van der Waals surface area contributed by atoms with E-state index in [1.54, 1.807) is 36.3 Å². The van der Waals surface area contributed by atoms with Crippen molar-refractivity contribution < 1.29 is 18.7 Å². The number of nitrogens with zero attached hydrogens (tertiary/aromatic N) is 1. The van der Waals surface area contributed by atoms with Crippen molar-refractivity contribution in [1.82, 2.24) is 4.90 Å². The SMILES string of the molecule is CCOc1cccc(C2c3c(oc4ccccc4c3=O)C(=O)N2Cc2ccc(OC)cc2)c1. The highest BCUT2D eigenvalue weighted by atomic mass is 16.5. The van der Waals surface area contributed by atoms with E-state index in [-0.39, 0.29) is 17.1 Å². The molecule has 0 radical (unpaired) electrons. The van der Waals surface area contributed by atoms with Crippen LogP contribution in [0.25, 0.3) is 11.0 Å². The third kappa shape index (κ3) is 3.63. The van der Waals surface area contributed by atoms with Crippen molar-refractivity contribution in [2.45, 2.75) is 19.5 Å². The molecule has 0 bridgehead atoms. The number of amides is 1. The Morgan fingerprint density at radius 2 is 1.73 bits per heavy atom. The van der Waals surface area contributed by atoms with Gasteiger partial charge in [-0.25, -0.2) is 0 Å². The highest BCUT2D eigenvalue weighted by Gasteiger charge is 2.42. The summed E-state index contributed by atoms with van der Waals surface area (Å²) >= 11 is 0. The van der Waals surface area contributed by atoms with Crippen LogP contribution in [0.1, 0.15) is 40.2 Å². The molecule has 166 valence electrons. The lowest BCUT2D eigenvalue weighted by molar-refractivity contribution is 0.0714. The van der Waals surface area contributed by atoms with Crippen molar-refractivity contribution in [2.24, 2.45) is 0 Å². The fourth-order valence-electron chi connectivity index (χ4n) is 4.35. The summed E-state index contributed by atoms with van der Waals surface area (Å²) in [6.07, 6.45) is 0. The predicted octanol–water partition coefficient (Wildman–Crippen LogP) is 4.95. The normalized spacial score (nSPS) is 15.0. The van der Waals surface area contributed by atoms with Gasteiger partial charge in [0.1, 0.15) is 17.1 Å². The molecule has 0 aliphatic carbocycles. The van der Waals surface area contributed by atoms with E-state index in [1.807, 2.05) is 55.5 Å². The molecule has 1 aliphatic heterocycles. The van der Waals surface area contributed by atoms with E-state index in [1.165, 1.54) is 0 Å². The number of hydrogen-bond acceptors (Lipinski definition) is 5. The van der Waals surface area contributed by atoms with Gasteiger partial charge in [0.05, 0.1) is 30.7 Å². The first-order valence-corrected chi connectivity index (χ1v) is 10.8. The van der Waals surface area contributed by atoms with Gasteiger partial charge in [-0.2, -0.15) is 0 Å². The van der Waals surface area contributed by atoms with E-state index in [2.05, 4.69) is 0 Å². The number of benzene rings is 3. The molecule has 5 rings (SSSR count). The van der Waals surface area contributed by atoms with Crippen molar-refractivity contribution in [3.63, 3.8) is 0 Å². The maximum atomic E-state index is 13.6. The molecule has 4 aromatic rings. The molecule has 1 aliphatic rings. The summed E-state index contributed by atoms with van der Waals surface area (Å²) < 4.78 is 16.9. The highest BCUT2D eigenvalue weighted by Crippen LogP contribution is 2.40. The van der Waals surface area contributed by atoms with Gasteiger partial charge in [0.25, 0.3) is 5.91 Å². The van der Waals surface area contributed by atoms with Gasteiger partial charge >= 0.3 is 0 Å². The Morgan fingerprint density at radius 3 is 2.48 bits per heavy atom. The van der Waals surface area contributed by atoms with Crippen LogP contribution in [0.2, 0.25) is 0 Å². The second-order valence-electron chi connectivity index (χ2n) is 7.86. The third-order valence-electron chi connectivity index (χ3n) is 5.87. The third-order valence-corrected chi connectivity index (χ3v) is 5.87. The molecule has 0 spiro atoms. The van der Waals surface area contributed by atoms with Crippen LogP contribution in [0, 0.1) is 0 Å². The molecule has 6 nitrogen and oxygen atoms in total. The van der Waals surface area contributed by atoms with Crippen molar-refractivity contribution >= 4 is 16.9 Å². The van der Waals surface area contributed by atoms with Gasteiger partial charge in [0.15, 0.2) is 5.43 Å². The van der Waals surface area contributed by atoms with Crippen LogP contribution in [-0.4, -0.2) is 24.5 Å². The number of methoxy groups -OCH3 is 1. The molecule has 1 atom stereocenters. The Balaban J connectivity index is 1.67. The second-order valence-corrected chi connectivity index (χ2v) is 7.86. The van der Waals surface area contributed by atoms with Crippen molar-refractivity contribution in [3.05, 3.63) is 105 Å². The molecule has 0 fully saturated rings. The lowest BCUT2D eigenvalue weighted by Crippen LogP contribution is -2.29. The lowest BCUT2D eigenvalue weighted by atomic mass is 9.98. The van der Waals surface area contributed by atoms with Crippen LogP contribution in [0.5, 0.6) is 11.5 Å². The minimum Gasteiger partial charge on any atom is -0.497 e. The van der Waals surface area contributed by atoms with Crippen LogP contribution < -0.4 is 14.9 Å². The van der Waals surface area contributed by atoms with Gasteiger partial charge < -0.3 is 18.8 Å². The zero-order valence-electron chi connectivity index (χ0n) is 18.4. The number of carbonyl (C=O) groups excluding carboxylic acids is 1. The number of para-hydroxylation sites is 1. The minimum atomic E-state index is -0.587. The molecule has 6 heteroatoms. The van der Waals surface area contributed by atoms with E-state index in [0.29, 0.717) is 35.4 Å². The minimum absolute atomic E-state index is 0.0963. The average Bonchev–Trinajstić information content (AvgIpc) is 3.12. The summed E-state index contributed by atoms with van der Waals surface area (Å²) in [6.45, 7) is 2.75. The maximum absolute atomic E-state index is 13.6. The first kappa shape index (κ1) is 20.8. The largest absolute Gasteiger partial charge is 0.497 e. The molecule has 2 heterocycles. The van der Waals surface area contributed by atoms with Gasteiger partial charge in [-0.3, -0.25) is 9.59 Å². The molecule has 0 N–H and O–H groups in total. The summed E-state index contributed by atoms with van der Waals surface area (Å²) in [5.41, 5.74) is 2.29. The highest BCUT2D eigenvalue weighted by molar-refractivity contribution is 5.99. The zero-order chi connectivity index (χ0) is 22.9. The van der Waals surface area contributed by atoms with Crippen LogP contribution >= 0.6 is 0 Å². The van der Waals surface area contributed by atoms with E-state index in [0.717, 1.165) is 16.9 Å². The van der Waals surface area contributed by atoms with E-state index < -0.39 is 6.04 Å². The fourth-order valence-corrected chi connectivity index (χ4v) is 4.35. The van der Waals surface area contributed by atoms with Gasteiger partial charge in [0, 0.05) is 6.54 Å². The smallest absolute Gasteiger partial charge is 0.291 e. The Kier molecular flexibility index (Phi) is 5.34. The monoisotopic (exact) mass is 441 g/mol. The van der Waals surface area contributed by atoms with Crippen LogP contribution in [-0.2, 0) is 6.54 Å².